The molecule has 7 unspecified atom stereocenters. The number of fused-ring (bicyclic) bond motifs is 3. The van der Waals surface area contributed by atoms with Crippen LogP contribution in [0.3, 0.4) is 0 Å². The minimum Gasteiger partial charge on any atom is -0.483 e. The van der Waals surface area contributed by atoms with Crippen molar-refractivity contribution < 1.29 is 45.5 Å². The standard InChI is InChI=1S/C35H38F2O8S2/c1-21(35(36,37)47(39,40)41)43-24-10-16-27(17-11-24)46(25-12-6-22(7-13-25)33(2,3)4)26-14-8-23(9-15-26)34(5)42-20-29-28-18-32(38)44-30(28)19-31(29)45-34/h6-17,21,28-31H,18-20H2,1-5H3/p+1. The van der Waals surface area contributed by atoms with Gasteiger partial charge in [0.1, 0.15) is 11.9 Å². The minimum absolute atomic E-state index is 0.0351. The van der Waals surface area contributed by atoms with E-state index in [0.29, 0.717) is 19.4 Å². The topological polar surface area (TPSA) is 108 Å². The van der Waals surface area contributed by atoms with E-state index in [1.807, 2.05) is 31.2 Å². The van der Waals surface area contributed by atoms with Gasteiger partial charge in [0.25, 0.3) is 0 Å². The highest BCUT2D eigenvalue weighted by Gasteiger charge is 2.55. The Kier molecular flexibility index (Phi) is 8.74. The van der Waals surface area contributed by atoms with Crippen LogP contribution in [0, 0.1) is 11.8 Å². The lowest BCUT2D eigenvalue weighted by atomic mass is 9.87. The zero-order valence-corrected chi connectivity index (χ0v) is 28.4. The lowest BCUT2D eigenvalue weighted by Crippen LogP contribution is -2.45. The third kappa shape index (κ3) is 6.55. The van der Waals surface area contributed by atoms with Gasteiger partial charge in [0, 0.05) is 23.8 Å². The van der Waals surface area contributed by atoms with Crippen LogP contribution < -0.4 is 4.74 Å². The van der Waals surface area contributed by atoms with Crippen LogP contribution in [-0.2, 0) is 51.2 Å². The van der Waals surface area contributed by atoms with Crippen LogP contribution in [-0.4, -0.2) is 49.1 Å². The third-order valence-electron chi connectivity index (χ3n) is 9.34. The summed E-state index contributed by atoms with van der Waals surface area (Å²) in [6.07, 6.45) is -1.21. The van der Waals surface area contributed by atoms with E-state index in [1.54, 1.807) is 12.1 Å². The summed E-state index contributed by atoms with van der Waals surface area (Å²) in [6, 6.07) is 23.0. The number of hydrogen-bond acceptors (Lipinski definition) is 7. The van der Waals surface area contributed by atoms with Crippen LogP contribution in [0.4, 0.5) is 8.78 Å². The first-order valence-corrected chi connectivity index (χ1v) is 18.2. The first kappa shape index (κ1) is 33.9. The lowest BCUT2D eigenvalue weighted by molar-refractivity contribution is -0.308. The number of halogens is 2. The molecule has 0 bridgehead atoms. The second-order valence-corrected chi connectivity index (χ2v) is 17.1. The van der Waals surface area contributed by atoms with Crippen LogP contribution >= 0.6 is 0 Å². The summed E-state index contributed by atoms with van der Waals surface area (Å²) < 4.78 is 83.1. The van der Waals surface area contributed by atoms with Crippen molar-refractivity contribution in [2.45, 2.75) is 96.9 Å². The monoisotopic (exact) mass is 689 g/mol. The molecular formula is C35H39F2O8S2+. The molecule has 3 aromatic carbocycles. The van der Waals surface area contributed by atoms with Crippen LogP contribution in [0.2, 0.25) is 0 Å². The Bertz CT molecular complexity index is 1720. The van der Waals surface area contributed by atoms with Crippen molar-refractivity contribution >= 4 is 27.0 Å². The molecule has 2 heterocycles. The van der Waals surface area contributed by atoms with Crippen molar-refractivity contribution in [2.24, 2.45) is 11.8 Å². The van der Waals surface area contributed by atoms with Gasteiger partial charge in [0.2, 0.25) is 0 Å². The Hall–Kier alpha value is -3.03. The molecule has 12 heteroatoms. The van der Waals surface area contributed by atoms with Gasteiger partial charge in [0.05, 0.1) is 30.0 Å². The minimum atomic E-state index is -5.65. The van der Waals surface area contributed by atoms with Gasteiger partial charge in [-0.3, -0.25) is 9.35 Å². The average Bonchev–Trinajstić information content (AvgIpc) is 3.52. The molecule has 8 nitrogen and oxygen atoms in total. The van der Waals surface area contributed by atoms with Crippen LogP contribution in [0.1, 0.15) is 58.6 Å². The van der Waals surface area contributed by atoms with Crippen molar-refractivity contribution in [1.29, 1.82) is 0 Å². The van der Waals surface area contributed by atoms with Crippen molar-refractivity contribution in [3.63, 3.8) is 0 Å². The number of ether oxygens (including phenoxy) is 4. The fourth-order valence-electron chi connectivity index (χ4n) is 6.58. The van der Waals surface area contributed by atoms with Gasteiger partial charge in [-0.15, -0.1) is 0 Å². The van der Waals surface area contributed by atoms with Crippen molar-refractivity contribution in [3.05, 3.63) is 83.9 Å². The molecule has 3 aromatic rings. The van der Waals surface area contributed by atoms with E-state index >= 15 is 0 Å². The van der Waals surface area contributed by atoms with Crippen LogP contribution in [0.25, 0.3) is 0 Å². The quantitative estimate of drug-likeness (QED) is 0.155. The number of carbonyl (C=O) groups excluding carboxylic acids is 1. The first-order chi connectivity index (χ1) is 22.0. The summed E-state index contributed by atoms with van der Waals surface area (Å²) in [5.41, 5.74) is 2.01. The second kappa shape index (κ2) is 12.1. The van der Waals surface area contributed by atoms with Gasteiger partial charge in [-0.1, -0.05) is 32.9 Å². The highest BCUT2D eigenvalue weighted by Crippen LogP contribution is 2.49. The highest BCUT2D eigenvalue weighted by atomic mass is 32.2. The molecule has 6 rings (SSSR count). The Balaban J connectivity index is 1.27. The van der Waals surface area contributed by atoms with Crippen LogP contribution in [0.5, 0.6) is 5.75 Å². The summed E-state index contributed by atoms with van der Waals surface area (Å²) in [5, 5.41) is -4.47. The van der Waals surface area contributed by atoms with E-state index < -0.39 is 38.2 Å². The van der Waals surface area contributed by atoms with Gasteiger partial charge >= 0.3 is 21.3 Å². The number of rotatable bonds is 8. The molecule has 3 fully saturated rings. The molecule has 1 saturated carbocycles. The summed E-state index contributed by atoms with van der Waals surface area (Å²) in [4.78, 5) is 14.7. The fourth-order valence-corrected chi connectivity index (χ4v) is 9.09. The van der Waals surface area contributed by atoms with Gasteiger partial charge in [-0.2, -0.15) is 17.2 Å². The molecule has 1 N–H and O–H groups in total. The van der Waals surface area contributed by atoms with Gasteiger partial charge < -0.3 is 18.9 Å². The predicted octanol–water partition coefficient (Wildman–Crippen LogP) is 6.87. The summed E-state index contributed by atoms with van der Waals surface area (Å²) in [6.45, 7) is 9.72. The summed E-state index contributed by atoms with van der Waals surface area (Å²) in [7, 11) is -6.26. The molecule has 2 aliphatic heterocycles. The van der Waals surface area contributed by atoms with Gasteiger partial charge in [-0.05, 0) is 85.5 Å². The molecular weight excluding hydrogens is 651 g/mol. The Morgan fingerprint density at radius 1 is 0.915 bits per heavy atom. The molecule has 3 aliphatic rings. The van der Waals surface area contributed by atoms with E-state index in [4.69, 9.17) is 23.5 Å². The van der Waals surface area contributed by atoms with E-state index in [0.717, 1.165) is 27.2 Å². The number of alkyl halides is 2. The van der Waals surface area contributed by atoms with E-state index in [1.165, 1.54) is 17.7 Å². The SMILES string of the molecule is CC(Oc1ccc([S+](c2ccc(C(C)(C)C)cc2)c2ccc(C3(C)OCC4C(CC5OC(=O)CC54)O3)cc2)cc1)C(F)(F)S(=O)(=O)O. The predicted molar refractivity (Wildman–Crippen MR) is 171 cm³/mol. The fraction of sp³-hybridized carbons (Fsp3) is 0.457. The zero-order chi connectivity index (χ0) is 33.9. The largest absolute Gasteiger partial charge is 0.483 e. The normalized spacial score (nSPS) is 27.4. The van der Waals surface area contributed by atoms with Gasteiger partial charge in [0.15, 0.2) is 26.6 Å². The first-order valence-electron chi connectivity index (χ1n) is 15.5. The maximum absolute atomic E-state index is 14.1. The molecule has 2 saturated heterocycles. The lowest BCUT2D eigenvalue weighted by Gasteiger charge is -2.41. The molecule has 252 valence electrons. The number of benzene rings is 3. The molecule has 7 atom stereocenters. The Labute approximate surface area is 276 Å². The summed E-state index contributed by atoms with van der Waals surface area (Å²) >= 11 is 0. The third-order valence-corrected chi connectivity index (χ3v) is 12.6. The molecule has 0 spiro atoms. The molecule has 0 radical (unpaired) electrons. The number of carbonyl (C=O) groups is 1. The van der Waals surface area contributed by atoms with Crippen LogP contribution in [0.15, 0.2) is 87.5 Å². The van der Waals surface area contributed by atoms with E-state index in [2.05, 4.69) is 45.0 Å². The number of hydrogen-bond donors (Lipinski definition) is 1. The Morgan fingerprint density at radius 3 is 2.02 bits per heavy atom. The van der Waals surface area contributed by atoms with E-state index in [9.17, 15) is 22.0 Å². The zero-order valence-electron chi connectivity index (χ0n) is 26.8. The maximum atomic E-state index is 14.1. The second-order valence-electron chi connectivity index (χ2n) is 13.6. The molecule has 0 aromatic heterocycles. The Morgan fingerprint density at radius 2 is 1.47 bits per heavy atom. The van der Waals surface area contributed by atoms with Crippen molar-refractivity contribution in [1.82, 2.24) is 0 Å². The summed E-state index contributed by atoms with van der Waals surface area (Å²) in [5.74, 6) is -0.827. The van der Waals surface area contributed by atoms with Gasteiger partial charge in [-0.25, -0.2) is 0 Å². The number of esters is 1. The van der Waals surface area contributed by atoms with Crippen molar-refractivity contribution in [2.75, 3.05) is 6.61 Å². The van der Waals surface area contributed by atoms with E-state index in [-0.39, 0.29) is 41.2 Å². The maximum Gasteiger partial charge on any atom is 0.405 e. The molecule has 1 aliphatic carbocycles. The smallest absolute Gasteiger partial charge is 0.405 e. The highest BCUT2D eigenvalue weighted by molar-refractivity contribution is 7.97. The molecule has 47 heavy (non-hydrogen) atoms. The molecule has 0 amide bonds. The van der Waals surface area contributed by atoms with Crippen molar-refractivity contribution in [3.8, 4) is 5.75 Å². The average molecular weight is 690 g/mol.